The molecule has 6 rings (SSSR count). The molecule has 1 aliphatic heterocycles. The third kappa shape index (κ3) is 5.10. The molecule has 1 aliphatic carbocycles. The summed E-state index contributed by atoms with van der Waals surface area (Å²) < 4.78 is 41.1. The van der Waals surface area contributed by atoms with Crippen LogP contribution in [-0.4, -0.2) is 58.6 Å². The number of rotatable bonds is 6. The number of fused-ring (bicyclic) bond motifs is 2. The van der Waals surface area contributed by atoms with E-state index < -0.39 is 41.2 Å². The number of aliphatic hydroxyl groups is 1. The molecule has 2 N–H and O–H groups in total. The lowest BCUT2D eigenvalue weighted by atomic mass is 9.73. The van der Waals surface area contributed by atoms with Crippen LogP contribution in [0.4, 0.5) is 19.0 Å². The summed E-state index contributed by atoms with van der Waals surface area (Å²) in [6.45, 7) is 6.99. The molecular weight excluding hydrogens is 575 g/mol. The summed E-state index contributed by atoms with van der Waals surface area (Å²) in [5.41, 5.74) is 1.89. The van der Waals surface area contributed by atoms with Gasteiger partial charge in [-0.2, -0.15) is 18.3 Å². The summed E-state index contributed by atoms with van der Waals surface area (Å²) in [6.07, 6.45) is 1.91. The average molecular weight is 606 g/mol. The zero-order valence-electron chi connectivity index (χ0n) is 24.4. The van der Waals surface area contributed by atoms with Crippen LogP contribution in [0, 0.1) is 19.3 Å². The van der Waals surface area contributed by atoms with Crippen molar-refractivity contribution in [2.24, 2.45) is 5.41 Å². The molecule has 1 unspecified atom stereocenters. The SMILES string of the molecule is Cc1ncc(-c2cc(C)c3c(c2)c(C(C)O)nn3CC(=O)N2[C@H](C(=O)Nc3cccc(C(F)(F)F)n3)C[C@@]3(C)C=C[C@@H]23)cn1. The van der Waals surface area contributed by atoms with E-state index in [1.807, 2.05) is 38.1 Å². The maximum absolute atomic E-state index is 14.0. The Morgan fingerprint density at radius 2 is 1.89 bits per heavy atom. The number of carbonyl (C=O) groups excluding carboxylic acids is 2. The van der Waals surface area contributed by atoms with Gasteiger partial charge in [0.05, 0.1) is 23.4 Å². The van der Waals surface area contributed by atoms with E-state index in [4.69, 9.17) is 0 Å². The summed E-state index contributed by atoms with van der Waals surface area (Å²) in [4.78, 5) is 41.0. The van der Waals surface area contributed by atoms with Crippen molar-refractivity contribution in [2.75, 3.05) is 5.32 Å². The van der Waals surface area contributed by atoms with Gasteiger partial charge < -0.3 is 15.3 Å². The number of alkyl halides is 3. The lowest BCUT2D eigenvalue weighted by molar-refractivity contribution is -0.141. The number of amides is 2. The minimum Gasteiger partial charge on any atom is -0.387 e. The van der Waals surface area contributed by atoms with Gasteiger partial charge in [0, 0.05) is 28.8 Å². The van der Waals surface area contributed by atoms with Crippen LogP contribution >= 0.6 is 0 Å². The summed E-state index contributed by atoms with van der Waals surface area (Å²) in [5, 5.41) is 18.3. The summed E-state index contributed by atoms with van der Waals surface area (Å²) >= 11 is 0. The van der Waals surface area contributed by atoms with Crippen LogP contribution in [0.25, 0.3) is 22.0 Å². The third-order valence-electron chi connectivity index (χ3n) is 8.34. The maximum Gasteiger partial charge on any atom is 0.433 e. The molecule has 3 aromatic heterocycles. The molecule has 2 amide bonds. The number of aryl methyl sites for hydroxylation is 2. The number of likely N-dealkylation sites (tertiary alicyclic amines) is 1. The molecule has 13 heteroatoms. The number of nitrogens with zero attached hydrogens (tertiary/aromatic N) is 6. The summed E-state index contributed by atoms with van der Waals surface area (Å²) in [5.74, 6) is -0.629. The Morgan fingerprint density at radius 3 is 2.52 bits per heavy atom. The van der Waals surface area contributed by atoms with Crippen molar-refractivity contribution in [3.8, 4) is 11.1 Å². The van der Waals surface area contributed by atoms with Crippen molar-refractivity contribution < 1.29 is 27.9 Å². The van der Waals surface area contributed by atoms with Crippen LogP contribution in [0.2, 0.25) is 0 Å². The Hall–Kier alpha value is -4.65. The highest BCUT2D eigenvalue weighted by Gasteiger charge is 2.55. The number of halogens is 3. The molecular formula is C31H30F3N7O3. The standard InChI is InChI=1S/C31H30F3N7O3/c1-16-10-19(20-13-35-18(3)36-14-20)11-21-27(17(2)42)39-40(28(16)21)15-26(43)41-22(12-30(4)9-8-24(30)41)29(44)38-25-7-5-6-23(37-25)31(32,33)34/h5-11,13-14,17,22,24,42H,12,15H2,1-4H3,(H,37,38,44)/t17?,22-,24+,30+/m0/s1. The zero-order chi connectivity index (χ0) is 31.6. The lowest BCUT2D eigenvalue weighted by Gasteiger charge is -2.38. The smallest absolute Gasteiger partial charge is 0.387 e. The molecule has 0 radical (unpaired) electrons. The minimum absolute atomic E-state index is 0.219. The van der Waals surface area contributed by atoms with Crippen LogP contribution < -0.4 is 5.32 Å². The number of pyridine rings is 1. The van der Waals surface area contributed by atoms with Gasteiger partial charge in [0.1, 0.15) is 29.9 Å². The molecule has 4 heterocycles. The van der Waals surface area contributed by atoms with Gasteiger partial charge >= 0.3 is 6.18 Å². The van der Waals surface area contributed by atoms with Crippen molar-refractivity contribution in [1.29, 1.82) is 0 Å². The molecule has 0 saturated carbocycles. The van der Waals surface area contributed by atoms with Gasteiger partial charge in [0.2, 0.25) is 11.8 Å². The van der Waals surface area contributed by atoms with E-state index in [1.165, 1.54) is 15.6 Å². The zero-order valence-corrected chi connectivity index (χ0v) is 24.4. The molecule has 2 aliphatic rings. The third-order valence-corrected chi connectivity index (χ3v) is 8.34. The number of aromatic nitrogens is 5. The highest BCUT2D eigenvalue weighted by atomic mass is 19.4. The Morgan fingerprint density at radius 1 is 1.16 bits per heavy atom. The Labute approximate surface area is 250 Å². The second kappa shape index (κ2) is 10.5. The fourth-order valence-corrected chi connectivity index (χ4v) is 6.13. The van der Waals surface area contributed by atoms with E-state index in [9.17, 15) is 27.9 Å². The van der Waals surface area contributed by atoms with Crippen molar-refractivity contribution >= 4 is 28.5 Å². The van der Waals surface area contributed by atoms with Gasteiger partial charge in [-0.05, 0) is 62.6 Å². The fourth-order valence-electron chi connectivity index (χ4n) is 6.13. The van der Waals surface area contributed by atoms with Crippen LogP contribution in [0.5, 0.6) is 0 Å². The first-order valence-corrected chi connectivity index (χ1v) is 14.1. The predicted molar refractivity (Wildman–Crippen MR) is 155 cm³/mol. The Balaban J connectivity index is 1.31. The molecule has 1 saturated heterocycles. The second-order valence-corrected chi connectivity index (χ2v) is 11.7. The molecule has 0 spiro atoms. The minimum atomic E-state index is -4.67. The number of hydrogen-bond donors (Lipinski definition) is 2. The lowest BCUT2D eigenvalue weighted by Crippen LogP contribution is -2.50. The molecule has 4 aromatic rings. The number of carbonyl (C=O) groups is 2. The van der Waals surface area contributed by atoms with Crippen LogP contribution in [0.15, 0.2) is 54.9 Å². The maximum atomic E-state index is 14.0. The van der Waals surface area contributed by atoms with Gasteiger partial charge in [-0.1, -0.05) is 25.1 Å². The Bertz CT molecular complexity index is 1820. The van der Waals surface area contributed by atoms with Crippen LogP contribution in [0.1, 0.15) is 49.1 Å². The van der Waals surface area contributed by atoms with E-state index in [0.717, 1.165) is 28.8 Å². The molecule has 44 heavy (non-hydrogen) atoms. The second-order valence-electron chi connectivity index (χ2n) is 11.7. The van der Waals surface area contributed by atoms with Gasteiger partial charge in [0.15, 0.2) is 0 Å². The van der Waals surface area contributed by atoms with Crippen molar-refractivity contribution in [1.82, 2.24) is 29.6 Å². The number of benzene rings is 1. The van der Waals surface area contributed by atoms with E-state index in [0.29, 0.717) is 28.8 Å². The first kappa shape index (κ1) is 29.4. The normalized spacial score (nSPS) is 21.7. The summed E-state index contributed by atoms with van der Waals surface area (Å²) in [6, 6.07) is 5.76. The van der Waals surface area contributed by atoms with E-state index in [-0.39, 0.29) is 18.4 Å². The fraction of sp³-hybridized carbons (Fsp3) is 0.355. The van der Waals surface area contributed by atoms with Crippen LogP contribution in [-0.2, 0) is 22.3 Å². The largest absolute Gasteiger partial charge is 0.433 e. The number of hydrogen-bond acceptors (Lipinski definition) is 7. The molecule has 1 fully saturated rings. The number of aliphatic hydroxyl groups excluding tert-OH is 1. The average Bonchev–Trinajstić information content (AvgIpc) is 3.42. The quantitative estimate of drug-likeness (QED) is 0.304. The van der Waals surface area contributed by atoms with Crippen LogP contribution in [0.3, 0.4) is 0 Å². The number of anilines is 1. The number of nitrogens with one attached hydrogen (secondary N) is 1. The molecule has 228 valence electrons. The van der Waals surface area contributed by atoms with Gasteiger partial charge in [-0.3, -0.25) is 14.3 Å². The molecule has 4 atom stereocenters. The van der Waals surface area contributed by atoms with E-state index in [1.54, 1.807) is 26.2 Å². The molecule has 1 aromatic carbocycles. The monoisotopic (exact) mass is 605 g/mol. The predicted octanol–water partition coefficient (Wildman–Crippen LogP) is 4.76. The van der Waals surface area contributed by atoms with Gasteiger partial charge in [0.25, 0.3) is 0 Å². The topological polar surface area (TPSA) is 126 Å². The summed E-state index contributed by atoms with van der Waals surface area (Å²) in [7, 11) is 0. The Kier molecular flexibility index (Phi) is 7.03. The first-order chi connectivity index (χ1) is 20.7. The van der Waals surface area contributed by atoms with Crippen molar-refractivity contribution in [3.63, 3.8) is 0 Å². The van der Waals surface area contributed by atoms with Crippen molar-refractivity contribution in [3.05, 3.63) is 77.7 Å². The molecule has 10 nitrogen and oxygen atoms in total. The van der Waals surface area contributed by atoms with Gasteiger partial charge in [-0.15, -0.1) is 0 Å². The van der Waals surface area contributed by atoms with E-state index >= 15 is 0 Å². The first-order valence-electron chi connectivity index (χ1n) is 14.1. The molecule has 0 bridgehead atoms. The van der Waals surface area contributed by atoms with Crippen molar-refractivity contribution in [2.45, 2.75) is 65.0 Å². The highest BCUT2D eigenvalue weighted by Crippen LogP contribution is 2.49. The van der Waals surface area contributed by atoms with E-state index in [2.05, 4.69) is 25.4 Å². The highest BCUT2D eigenvalue weighted by molar-refractivity contribution is 5.98. The van der Waals surface area contributed by atoms with Gasteiger partial charge in [-0.25, -0.2) is 15.0 Å².